The molecule has 0 bridgehead atoms. The summed E-state index contributed by atoms with van der Waals surface area (Å²) in [6, 6.07) is 9.56. The Labute approximate surface area is 143 Å². The molecule has 1 aromatic carbocycles. The van der Waals surface area contributed by atoms with E-state index in [0.29, 0.717) is 11.1 Å². The Bertz CT molecular complexity index is 503. The highest BCUT2D eigenvalue weighted by Gasteiger charge is 2.42. The van der Waals surface area contributed by atoms with Crippen LogP contribution in [0.4, 0.5) is 0 Å². The largest absolute Gasteiger partial charge is 0.296 e. The molecule has 1 heteroatoms. The molecule has 0 spiro atoms. The molecule has 0 N–H and O–H groups in total. The highest BCUT2D eigenvalue weighted by molar-refractivity contribution is 5.26. The van der Waals surface area contributed by atoms with Crippen LogP contribution in [-0.4, -0.2) is 23.0 Å². The second kappa shape index (κ2) is 6.24. The van der Waals surface area contributed by atoms with E-state index < -0.39 is 0 Å². The summed E-state index contributed by atoms with van der Waals surface area (Å²) >= 11 is 0. The van der Waals surface area contributed by atoms with E-state index in [1.807, 2.05) is 0 Å². The van der Waals surface area contributed by atoms with Gasteiger partial charge in [0.15, 0.2) is 0 Å². The summed E-state index contributed by atoms with van der Waals surface area (Å²) in [6.07, 6.45) is 9.46. The topological polar surface area (TPSA) is 3.24 Å². The fraction of sp³-hybridized carbons (Fsp3) is 0.727. The molecule has 0 aromatic heterocycles. The van der Waals surface area contributed by atoms with Crippen LogP contribution < -0.4 is 0 Å². The number of hydrogen-bond acceptors (Lipinski definition) is 1. The molecule has 2 aliphatic rings. The quantitative estimate of drug-likeness (QED) is 0.680. The predicted octanol–water partition coefficient (Wildman–Crippen LogP) is 5.79. The monoisotopic (exact) mass is 313 g/mol. The van der Waals surface area contributed by atoms with Gasteiger partial charge < -0.3 is 0 Å². The van der Waals surface area contributed by atoms with E-state index in [2.05, 4.69) is 63.9 Å². The standard InChI is InChI=1S/C22H35N/c1-21(2)15-18(16-22(3,4)23(21)5)10-9-17-11-13-20(14-12-17)19-7-6-8-19/h11-14,18-19H,6-10,15-16H2,1-5H3. The Morgan fingerprint density at radius 2 is 1.52 bits per heavy atom. The van der Waals surface area contributed by atoms with Crippen molar-refractivity contribution in [3.8, 4) is 0 Å². The van der Waals surface area contributed by atoms with E-state index >= 15 is 0 Å². The zero-order valence-corrected chi connectivity index (χ0v) is 15.9. The normalized spacial score (nSPS) is 25.3. The number of hydrogen-bond donors (Lipinski definition) is 0. The van der Waals surface area contributed by atoms with E-state index in [-0.39, 0.29) is 0 Å². The molecule has 1 aliphatic heterocycles. The first-order chi connectivity index (χ1) is 10.8. The summed E-state index contributed by atoms with van der Waals surface area (Å²) in [5.41, 5.74) is 3.74. The molecule has 23 heavy (non-hydrogen) atoms. The summed E-state index contributed by atoms with van der Waals surface area (Å²) in [5, 5.41) is 0. The van der Waals surface area contributed by atoms with Crippen molar-refractivity contribution in [2.75, 3.05) is 7.05 Å². The average molecular weight is 314 g/mol. The Morgan fingerprint density at radius 3 is 2.00 bits per heavy atom. The molecule has 1 heterocycles. The molecule has 0 unspecified atom stereocenters. The first-order valence-electron chi connectivity index (χ1n) is 9.61. The third-order valence-corrected chi connectivity index (χ3v) is 6.79. The fourth-order valence-electron chi connectivity index (χ4n) is 4.85. The van der Waals surface area contributed by atoms with E-state index in [1.165, 1.54) is 50.5 Å². The zero-order chi connectivity index (χ0) is 16.7. The molecule has 1 saturated heterocycles. The summed E-state index contributed by atoms with van der Waals surface area (Å²) < 4.78 is 0. The highest BCUT2D eigenvalue weighted by Crippen LogP contribution is 2.42. The van der Waals surface area contributed by atoms with E-state index in [9.17, 15) is 0 Å². The van der Waals surface area contributed by atoms with Gasteiger partial charge in [-0.1, -0.05) is 30.7 Å². The van der Waals surface area contributed by atoms with Crippen LogP contribution in [0.15, 0.2) is 24.3 Å². The Morgan fingerprint density at radius 1 is 0.957 bits per heavy atom. The molecule has 0 atom stereocenters. The van der Waals surface area contributed by atoms with Crippen molar-refractivity contribution in [2.45, 2.75) is 89.6 Å². The van der Waals surface area contributed by atoms with Crippen molar-refractivity contribution in [3.63, 3.8) is 0 Å². The molecule has 3 rings (SSSR count). The van der Waals surface area contributed by atoms with Crippen molar-refractivity contribution < 1.29 is 0 Å². The summed E-state index contributed by atoms with van der Waals surface area (Å²) in [6.45, 7) is 9.64. The number of likely N-dealkylation sites (tertiary alicyclic amines) is 1. The van der Waals surface area contributed by atoms with Crippen LogP contribution in [0.25, 0.3) is 0 Å². The van der Waals surface area contributed by atoms with Gasteiger partial charge in [-0.15, -0.1) is 0 Å². The van der Waals surface area contributed by atoms with Crippen LogP contribution in [0.5, 0.6) is 0 Å². The molecule has 0 amide bonds. The maximum Gasteiger partial charge on any atom is 0.0158 e. The minimum absolute atomic E-state index is 0.320. The van der Waals surface area contributed by atoms with Crippen LogP contribution in [0.1, 0.15) is 83.3 Å². The molecule has 1 aromatic rings. The zero-order valence-electron chi connectivity index (χ0n) is 15.9. The number of aryl methyl sites for hydroxylation is 1. The second-order valence-corrected chi connectivity index (χ2v) is 9.37. The van der Waals surface area contributed by atoms with E-state index in [1.54, 1.807) is 5.56 Å². The van der Waals surface area contributed by atoms with Gasteiger partial charge in [-0.2, -0.15) is 0 Å². The van der Waals surface area contributed by atoms with Crippen molar-refractivity contribution >= 4 is 0 Å². The lowest BCUT2D eigenvalue weighted by Crippen LogP contribution is -2.58. The van der Waals surface area contributed by atoms with Gasteiger partial charge >= 0.3 is 0 Å². The summed E-state index contributed by atoms with van der Waals surface area (Å²) in [5.74, 6) is 1.71. The van der Waals surface area contributed by atoms with Gasteiger partial charge in [-0.3, -0.25) is 4.90 Å². The van der Waals surface area contributed by atoms with E-state index in [0.717, 1.165) is 11.8 Å². The molecule has 2 fully saturated rings. The molecular formula is C22H35N. The second-order valence-electron chi connectivity index (χ2n) is 9.37. The van der Waals surface area contributed by atoms with Crippen LogP contribution in [0.2, 0.25) is 0 Å². The van der Waals surface area contributed by atoms with Gasteiger partial charge in [0, 0.05) is 11.1 Å². The van der Waals surface area contributed by atoms with Crippen molar-refractivity contribution in [1.29, 1.82) is 0 Å². The average Bonchev–Trinajstić information content (AvgIpc) is 2.41. The predicted molar refractivity (Wildman–Crippen MR) is 100 cm³/mol. The molecule has 1 nitrogen and oxygen atoms in total. The number of piperidine rings is 1. The molecule has 128 valence electrons. The van der Waals surface area contributed by atoms with Gasteiger partial charge in [-0.25, -0.2) is 0 Å². The number of nitrogens with zero attached hydrogens (tertiary/aromatic N) is 1. The Hall–Kier alpha value is -0.820. The lowest BCUT2D eigenvalue weighted by atomic mass is 9.72. The third-order valence-electron chi connectivity index (χ3n) is 6.79. The Kier molecular flexibility index (Phi) is 4.62. The molecule has 1 saturated carbocycles. The van der Waals surface area contributed by atoms with Crippen LogP contribution in [0, 0.1) is 5.92 Å². The van der Waals surface area contributed by atoms with Gasteiger partial charge in [0.25, 0.3) is 0 Å². The fourth-order valence-corrected chi connectivity index (χ4v) is 4.85. The van der Waals surface area contributed by atoms with E-state index in [4.69, 9.17) is 0 Å². The van der Waals surface area contributed by atoms with Crippen molar-refractivity contribution in [3.05, 3.63) is 35.4 Å². The molecular weight excluding hydrogens is 278 g/mol. The third kappa shape index (κ3) is 3.65. The van der Waals surface area contributed by atoms with Crippen molar-refractivity contribution in [1.82, 2.24) is 4.90 Å². The van der Waals surface area contributed by atoms with Crippen LogP contribution in [0.3, 0.4) is 0 Å². The van der Waals surface area contributed by atoms with Crippen LogP contribution in [-0.2, 0) is 6.42 Å². The lowest BCUT2D eigenvalue weighted by molar-refractivity contribution is -0.0315. The Balaban J connectivity index is 1.57. The van der Waals surface area contributed by atoms with Gasteiger partial charge in [0.2, 0.25) is 0 Å². The highest BCUT2D eigenvalue weighted by atomic mass is 15.2. The molecule has 0 radical (unpaired) electrons. The van der Waals surface area contributed by atoms with Crippen LogP contribution >= 0.6 is 0 Å². The lowest BCUT2D eigenvalue weighted by Gasteiger charge is -2.54. The molecule has 1 aliphatic carbocycles. The van der Waals surface area contributed by atoms with Gasteiger partial charge in [0.1, 0.15) is 0 Å². The summed E-state index contributed by atoms with van der Waals surface area (Å²) in [4.78, 5) is 2.59. The maximum absolute atomic E-state index is 2.59. The number of benzene rings is 1. The minimum Gasteiger partial charge on any atom is -0.296 e. The van der Waals surface area contributed by atoms with Gasteiger partial charge in [0.05, 0.1) is 0 Å². The van der Waals surface area contributed by atoms with Gasteiger partial charge in [-0.05, 0) is 96.2 Å². The maximum atomic E-state index is 2.59. The summed E-state index contributed by atoms with van der Waals surface area (Å²) in [7, 11) is 2.30. The van der Waals surface area contributed by atoms with Crippen molar-refractivity contribution in [2.24, 2.45) is 5.92 Å². The number of rotatable bonds is 4. The first kappa shape index (κ1) is 17.0. The SMILES string of the molecule is CN1C(C)(C)CC(CCc2ccc(C3CCC3)cc2)CC1(C)C. The minimum atomic E-state index is 0.320. The first-order valence-corrected chi connectivity index (χ1v) is 9.61. The smallest absolute Gasteiger partial charge is 0.0158 e.